The Kier molecular flexibility index (Phi) is 5.68. The SMILES string of the molecule is CC(C)OC(=O)NCC=CC1CC=CCC1. The lowest BCUT2D eigenvalue weighted by atomic mass is 9.94. The van der Waals surface area contributed by atoms with E-state index in [0.29, 0.717) is 12.5 Å². The van der Waals surface area contributed by atoms with Crippen LogP contribution in [0.5, 0.6) is 0 Å². The number of alkyl carbamates (subject to hydrolysis) is 1. The number of ether oxygens (including phenoxy) is 1. The van der Waals surface area contributed by atoms with E-state index in [4.69, 9.17) is 4.74 Å². The van der Waals surface area contributed by atoms with Crippen LogP contribution in [-0.2, 0) is 4.74 Å². The minimum Gasteiger partial charge on any atom is -0.447 e. The number of carbonyl (C=O) groups is 1. The van der Waals surface area contributed by atoms with Crippen LogP contribution in [0, 0.1) is 5.92 Å². The lowest BCUT2D eigenvalue weighted by Crippen LogP contribution is -2.26. The summed E-state index contributed by atoms with van der Waals surface area (Å²) in [5.41, 5.74) is 0. The molecule has 0 aromatic carbocycles. The molecule has 1 unspecified atom stereocenters. The summed E-state index contributed by atoms with van der Waals surface area (Å²) in [6.45, 7) is 4.22. The van der Waals surface area contributed by atoms with Gasteiger partial charge in [-0.3, -0.25) is 0 Å². The van der Waals surface area contributed by atoms with Crippen LogP contribution < -0.4 is 5.32 Å². The molecular weight excluding hydrogens is 202 g/mol. The molecule has 0 heterocycles. The molecular formula is C13H21NO2. The first kappa shape index (κ1) is 12.8. The van der Waals surface area contributed by atoms with Gasteiger partial charge in [0, 0.05) is 6.54 Å². The summed E-state index contributed by atoms with van der Waals surface area (Å²) in [5.74, 6) is 0.632. The van der Waals surface area contributed by atoms with Crippen molar-refractivity contribution in [1.29, 1.82) is 0 Å². The Hall–Kier alpha value is -1.25. The van der Waals surface area contributed by atoms with E-state index in [1.54, 1.807) is 0 Å². The van der Waals surface area contributed by atoms with Crippen LogP contribution in [0.3, 0.4) is 0 Å². The third-order valence-electron chi connectivity index (χ3n) is 2.42. The highest BCUT2D eigenvalue weighted by molar-refractivity contribution is 5.67. The highest BCUT2D eigenvalue weighted by atomic mass is 16.6. The number of carbonyl (C=O) groups excluding carboxylic acids is 1. The molecule has 0 saturated carbocycles. The summed E-state index contributed by atoms with van der Waals surface area (Å²) in [5, 5.41) is 2.69. The van der Waals surface area contributed by atoms with Crippen LogP contribution in [0.25, 0.3) is 0 Å². The zero-order valence-electron chi connectivity index (χ0n) is 10.1. The molecule has 0 fully saturated rings. The molecule has 3 nitrogen and oxygen atoms in total. The fourth-order valence-corrected chi connectivity index (χ4v) is 1.65. The summed E-state index contributed by atoms with van der Waals surface area (Å²) in [6, 6.07) is 0. The van der Waals surface area contributed by atoms with E-state index in [0.717, 1.165) is 12.8 Å². The van der Waals surface area contributed by atoms with Crippen LogP contribution in [0.4, 0.5) is 4.79 Å². The molecule has 0 saturated heterocycles. The van der Waals surface area contributed by atoms with E-state index in [1.165, 1.54) is 6.42 Å². The van der Waals surface area contributed by atoms with E-state index < -0.39 is 0 Å². The van der Waals surface area contributed by atoms with Gasteiger partial charge in [-0.2, -0.15) is 0 Å². The molecule has 1 aliphatic rings. The molecule has 1 atom stereocenters. The predicted octanol–water partition coefficient (Wildman–Crippen LogP) is 3.03. The lowest BCUT2D eigenvalue weighted by Gasteiger charge is -2.13. The first-order valence-electron chi connectivity index (χ1n) is 5.94. The van der Waals surface area contributed by atoms with Crippen molar-refractivity contribution in [3.8, 4) is 0 Å². The molecule has 0 spiro atoms. The molecule has 0 radical (unpaired) electrons. The van der Waals surface area contributed by atoms with Crippen molar-refractivity contribution < 1.29 is 9.53 Å². The van der Waals surface area contributed by atoms with Gasteiger partial charge in [-0.1, -0.05) is 24.3 Å². The molecule has 0 aromatic heterocycles. The van der Waals surface area contributed by atoms with Gasteiger partial charge in [0.1, 0.15) is 0 Å². The Morgan fingerprint density at radius 1 is 1.56 bits per heavy atom. The highest BCUT2D eigenvalue weighted by Gasteiger charge is 2.05. The molecule has 1 amide bonds. The van der Waals surface area contributed by atoms with E-state index in [1.807, 2.05) is 19.9 Å². The second-order valence-corrected chi connectivity index (χ2v) is 4.31. The number of amides is 1. The topological polar surface area (TPSA) is 38.3 Å². The molecule has 1 rings (SSSR count). The monoisotopic (exact) mass is 223 g/mol. The van der Waals surface area contributed by atoms with Crippen molar-refractivity contribution in [3.63, 3.8) is 0 Å². The van der Waals surface area contributed by atoms with E-state index >= 15 is 0 Å². The predicted molar refractivity (Wildman–Crippen MR) is 65.2 cm³/mol. The van der Waals surface area contributed by atoms with Gasteiger partial charge in [0.25, 0.3) is 0 Å². The van der Waals surface area contributed by atoms with Crippen LogP contribution >= 0.6 is 0 Å². The van der Waals surface area contributed by atoms with Crippen molar-refractivity contribution in [2.45, 2.75) is 39.2 Å². The standard InChI is InChI=1S/C13H21NO2/c1-11(2)16-13(15)14-10-6-9-12-7-4-3-5-8-12/h3-4,6,9,11-12H,5,7-8,10H2,1-2H3,(H,14,15). The second-order valence-electron chi connectivity index (χ2n) is 4.31. The quantitative estimate of drug-likeness (QED) is 0.744. The number of hydrogen-bond acceptors (Lipinski definition) is 2. The summed E-state index contributed by atoms with van der Waals surface area (Å²) in [6.07, 6.45) is 11.7. The van der Waals surface area contributed by atoms with Crippen molar-refractivity contribution >= 4 is 6.09 Å². The summed E-state index contributed by atoms with van der Waals surface area (Å²) in [7, 11) is 0. The van der Waals surface area contributed by atoms with Crippen LogP contribution in [-0.4, -0.2) is 18.7 Å². The number of nitrogens with one attached hydrogen (secondary N) is 1. The first-order chi connectivity index (χ1) is 7.68. The van der Waals surface area contributed by atoms with Gasteiger partial charge in [-0.25, -0.2) is 4.79 Å². The Morgan fingerprint density at radius 3 is 3.00 bits per heavy atom. The number of allylic oxidation sites excluding steroid dienone is 3. The van der Waals surface area contributed by atoms with E-state index in [2.05, 4.69) is 23.5 Å². The fourth-order valence-electron chi connectivity index (χ4n) is 1.65. The van der Waals surface area contributed by atoms with Crippen molar-refractivity contribution in [2.75, 3.05) is 6.54 Å². The summed E-state index contributed by atoms with van der Waals surface area (Å²) in [4.78, 5) is 11.1. The third kappa shape index (κ3) is 5.59. The Bertz CT molecular complexity index is 269. The molecule has 0 aliphatic heterocycles. The Labute approximate surface area is 97.6 Å². The van der Waals surface area contributed by atoms with Crippen LogP contribution in [0.2, 0.25) is 0 Å². The normalized spacial score (nSPS) is 20.3. The van der Waals surface area contributed by atoms with Gasteiger partial charge in [-0.15, -0.1) is 0 Å². The minimum absolute atomic E-state index is 0.0625. The third-order valence-corrected chi connectivity index (χ3v) is 2.42. The average molecular weight is 223 g/mol. The second kappa shape index (κ2) is 7.09. The molecule has 3 heteroatoms. The van der Waals surface area contributed by atoms with Gasteiger partial charge in [0.05, 0.1) is 6.10 Å². The summed E-state index contributed by atoms with van der Waals surface area (Å²) < 4.78 is 4.95. The van der Waals surface area contributed by atoms with Crippen molar-refractivity contribution in [1.82, 2.24) is 5.32 Å². The maximum absolute atomic E-state index is 11.1. The molecule has 90 valence electrons. The van der Waals surface area contributed by atoms with Crippen LogP contribution in [0.1, 0.15) is 33.1 Å². The van der Waals surface area contributed by atoms with Crippen LogP contribution in [0.15, 0.2) is 24.3 Å². The van der Waals surface area contributed by atoms with Gasteiger partial charge < -0.3 is 10.1 Å². The van der Waals surface area contributed by atoms with Gasteiger partial charge in [0.2, 0.25) is 0 Å². The lowest BCUT2D eigenvalue weighted by molar-refractivity contribution is 0.116. The molecule has 1 N–H and O–H groups in total. The Morgan fingerprint density at radius 2 is 2.38 bits per heavy atom. The maximum Gasteiger partial charge on any atom is 0.407 e. The van der Waals surface area contributed by atoms with Gasteiger partial charge in [0.15, 0.2) is 0 Å². The Balaban J connectivity index is 2.12. The maximum atomic E-state index is 11.1. The largest absolute Gasteiger partial charge is 0.447 e. The number of hydrogen-bond donors (Lipinski definition) is 1. The minimum atomic E-state index is -0.344. The molecule has 16 heavy (non-hydrogen) atoms. The zero-order chi connectivity index (χ0) is 11.8. The average Bonchev–Trinajstić information content (AvgIpc) is 2.25. The van der Waals surface area contributed by atoms with Gasteiger partial charge >= 0.3 is 6.09 Å². The van der Waals surface area contributed by atoms with E-state index in [-0.39, 0.29) is 12.2 Å². The zero-order valence-corrected chi connectivity index (χ0v) is 10.1. The first-order valence-corrected chi connectivity index (χ1v) is 5.94. The smallest absolute Gasteiger partial charge is 0.407 e. The number of rotatable bonds is 4. The summed E-state index contributed by atoms with van der Waals surface area (Å²) >= 11 is 0. The van der Waals surface area contributed by atoms with Gasteiger partial charge in [-0.05, 0) is 39.0 Å². The molecule has 0 bridgehead atoms. The van der Waals surface area contributed by atoms with Crippen molar-refractivity contribution in [3.05, 3.63) is 24.3 Å². The molecule has 1 aliphatic carbocycles. The van der Waals surface area contributed by atoms with Crippen molar-refractivity contribution in [2.24, 2.45) is 5.92 Å². The molecule has 0 aromatic rings. The van der Waals surface area contributed by atoms with E-state index in [9.17, 15) is 4.79 Å². The highest BCUT2D eigenvalue weighted by Crippen LogP contribution is 2.18. The fraction of sp³-hybridized carbons (Fsp3) is 0.615.